The fourth-order valence-electron chi connectivity index (χ4n) is 1.60. The molecule has 0 radical (unpaired) electrons. The summed E-state index contributed by atoms with van der Waals surface area (Å²) in [6.07, 6.45) is 0. The third-order valence-corrected chi connectivity index (χ3v) is 6.19. The maximum absolute atomic E-state index is 12.4. The quantitative estimate of drug-likeness (QED) is 0.880. The molecule has 1 aliphatic heterocycles. The van der Waals surface area contributed by atoms with Gasteiger partial charge in [0.1, 0.15) is 4.90 Å². The Bertz CT molecular complexity index is 514. The first-order chi connectivity index (χ1) is 7.94. The molecule has 102 valence electrons. The Hall–Kier alpha value is 0.150. The van der Waals surface area contributed by atoms with Gasteiger partial charge in [0.2, 0.25) is 10.0 Å². The lowest BCUT2D eigenvalue weighted by Crippen LogP contribution is -2.57. The molecule has 1 saturated heterocycles. The van der Waals surface area contributed by atoms with Gasteiger partial charge in [-0.05, 0) is 28.1 Å². The number of nitrogens with zero attached hydrogens (tertiary/aromatic N) is 1. The molecular formula is C10H13BrCl2N2O2S. The van der Waals surface area contributed by atoms with Gasteiger partial charge in [0.15, 0.2) is 0 Å². The summed E-state index contributed by atoms with van der Waals surface area (Å²) in [5.41, 5.74) is 0. The smallest absolute Gasteiger partial charge is 0.245 e. The summed E-state index contributed by atoms with van der Waals surface area (Å²) < 4.78 is 26.6. The molecule has 18 heavy (non-hydrogen) atoms. The topological polar surface area (TPSA) is 49.4 Å². The van der Waals surface area contributed by atoms with Gasteiger partial charge in [-0.1, -0.05) is 17.7 Å². The van der Waals surface area contributed by atoms with E-state index < -0.39 is 10.0 Å². The summed E-state index contributed by atoms with van der Waals surface area (Å²) in [5, 5.41) is 3.28. The lowest BCUT2D eigenvalue weighted by molar-refractivity contribution is 0.274. The molecule has 2 rings (SSSR count). The van der Waals surface area contributed by atoms with E-state index in [4.69, 9.17) is 11.6 Å². The van der Waals surface area contributed by atoms with Gasteiger partial charge in [0.25, 0.3) is 0 Å². The van der Waals surface area contributed by atoms with Crippen LogP contribution >= 0.6 is 39.9 Å². The Morgan fingerprint density at radius 1 is 1.44 bits per heavy atom. The average molecular weight is 376 g/mol. The van der Waals surface area contributed by atoms with Gasteiger partial charge in [-0.15, -0.1) is 12.4 Å². The summed E-state index contributed by atoms with van der Waals surface area (Å²) in [6.45, 7) is 1.36. The van der Waals surface area contributed by atoms with Crippen LogP contribution in [0.25, 0.3) is 0 Å². The van der Waals surface area contributed by atoms with Crippen molar-refractivity contribution in [2.45, 2.75) is 10.9 Å². The van der Waals surface area contributed by atoms with Gasteiger partial charge in [0, 0.05) is 30.7 Å². The first kappa shape index (κ1) is 16.2. The Morgan fingerprint density at radius 2 is 2.06 bits per heavy atom. The fraction of sp³-hybridized carbons (Fsp3) is 0.400. The van der Waals surface area contributed by atoms with E-state index in [9.17, 15) is 8.42 Å². The molecule has 8 heteroatoms. The molecule has 1 aromatic carbocycles. The van der Waals surface area contributed by atoms with Crippen molar-refractivity contribution in [2.24, 2.45) is 0 Å². The van der Waals surface area contributed by atoms with E-state index in [-0.39, 0.29) is 28.4 Å². The van der Waals surface area contributed by atoms with Crippen LogP contribution in [0.1, 0.15) is 0 Å². The number of sulfonamides is 1. The summed E-state index contributed by atoms with van der Waals surface area (Å²) in [4.78, 5) is 0.135. The van der Waals surface area contributed by atoms with Crippen LogP contribution in [0.4, 0.5) is 0 Å². The Morgan fingerprint density at radius 3 is 2.50 bits per heavy atom. The molecule has 0 bridgehead atoms. The molecule has 0 unspecified atom stereocenters. The Balaban J connectivity index is 0.00000162. The number of hydrogen-bond acceptors (Lipinski definition) is 3. The average Bonchev–Trinajstić information content (AvgIpc) is 2.13. The number of benzene rings is 1. The summed E-state index contributed by atoms with van der Waals surface area (Å²) >= 11 is 9.21. The highest BCUT2D eigenvalue weighted by atomic mass is 79.9. The van der Waals surface area contributed by atoms with Crippen molar-refractivity contribution in [2.75, 3.05) is 20.1 Å². The first-order valence-electron chi connectivity index (χ1n) is 5.07. The first-order valence-corrected chi connectivity index (χ1v) is 7.68. The summed E-state index contributed by atoms with van der Waals surface area (Å²) in [7, 11) is -1.97. The molecule has 0 saturated carbocycles. The van der Waals surface area contributed by atoms with E-state index in [1.807, 2.05) is 0 Å². The minimum absolute atomic E-state index is 0. The molecule has 0 atom stereocenters. The summed E-state index contributed by atoms with van der Waals surface area (Å²) in [6, 6.07) is 4.96. The number of nitrogens with one attached hydrogen (secondary N) is 1. The number of rotatable bonds is 3. The van der Waals surface area contributed by atoms with Crippen LogP contribution in [0.5, 0.6) is 0 Å². The predicted molar refractivity (Wildman–Crippen MR) is 78.0 cm³/mol. The summed E-state index contributed by atoms with van der Waals surface area (Å²) in [5.74, 6) is 0. The molecular weight excluding hydrogens is 363 g/mol. The highest BCUT2D eigenvalue weighted by Crippen LogP contribution is 2.32. The van der Waals surface area contributed by atoms with Gasteiger partial charge in [-0.3, -0.25) is 0 Å². The van der Waals surface area contributed by atoms with E-state index in [0.717, 1.165) is 0 Å². The zero-order chi connectivity index (χ0) is 12.6. The van der Waals surface area contributed by atoms with Crippen molar-refractivity contribution < 1.29 is 8.42 Å². The van der Waals surface area contributed by atoms with Gasteiger partial charge in [0.05, 0.1) is 5.02 Å². The second-order valence-corrected chi connectivity index (χ2v) is 7.08. The Kier molecular flexibility index (Phi) is 5.46. The molecule has 4 nitrogen and oxygen atoms in total. The number of hydrogen-bond donors (Lipinski definition) is 1. The van der Waals surface area contributed by atoms with E-state index in [1.54, 1.807) is 25.2 Å². The third kappa shape index (κ3) is 2.84. The van der Waals surface area contributed by atoms with Crippen LogP contribution in [0.3, 0.4) is 0 Å². The monoisotopic (exact) mass is 374 g/mol. The molecule has 1 aliphatic rings. The minimum atomic E-state index is -3.55. The van der Waals surface area contributed by atoms with Gasteiger partial charge in [-0.2, -0.15) is 4.31 Å². The standard InChI is InChI=1S/C10H12BrClN2O2S.ClH/c1-14(7-5-13-6-7)17(15,16)10-8(11)3-2-4-9(10)12;/h2-4,7,13H,5-6H2,1H3;1H. The van der Waals surface area contributed by atoms with Crippen LogP contribution in [0, 0.1) is 0 Å². The highest BCUT2D eigenvalue weighted by Gasteiger charge is 2.33. The van der Waals surface area contributed by atoms with Crippen LogP contribution in [-0.2, 0) is 10.0 Å². The van der Waals surface area contributed by atoms with E-state index in [1.165, 1.54) is 4.31 Å². The molecule has 0 aromatic heterocycles. The van der Waals surface area contributed by atoms with Crippen molar-refractivity contribution in [1.82, 2.24) is 9.62 Å². The second-order valence-electron chi connectivity index (χ2n) is 3.88. The van der Waals surface area contributed by atoms with Crippen LogP contribution in [0.15, 0.2) is 27.6 Å². The van der Waals surface area contributed by atoms with Crippen LogP contribution < -0.4 is 5.32 Å². The van der Waals surface area contributed by atoms with Crippen LogP contribution in [0.2, 0.25) is 5.02 Å². The predicted octanol–water partition coefficient (Wildman–Crippen LogP) is 2.12. The molecule has 0 amide bonds. The van der Waals surface area contributed by atoms with E-state index >= 15 is 0 Å². The highest BCUT2D eigenvalue weighted by molar-refractivity contribution is 9.10. The second kappa shape index (κ2) is 6.07. The van der Waals surface area contributed by atoms with Crippen LogP contribution in [-0.4, -0.2) is 38.9 Å². The molecule has 1 N–H and O–H groups in total. The van der Waals surface area contributed by atoms with Crippen molar-refractivity contribution >= 4 is 50.0 Å². The zero-order valence-corrected chi connectivity index (χ0v) is 13.5. The van der Waals surface area contributed by atoms with Gasteiger partial charge >= 0.3 is 0 Å². The zero-order valence-electron chi connectivity index (χ0n) is 9.56. The number of likely N-dealkylation sites (N-methyl/N-ethyl adjacent to an activating group) is 1. The van der Waals surface area contributed by atoms with Crippen molar-refractivity contribution in [3.8, 4) is 0 Å². The Labute approximate surface area is 126 Å². The lowest BCUT2D eigenvalue weighted by Gasteiger charge is -2.35. The lowest BCUT2D eigenvalue weighted by atomic mass is 10.2. The fourth-order valence-corrected chi connectivity index (χ4v) is 4.62. The molecule has 0 spiro atoms. The van der Waals surface area contributed by atoms with Crippen molar-refractivity contribution in [3.63, 3.8) is 0 Å². The number of halogens is 3. The molecule has 1 heterocycles. The molecule has 1 fully saturated rings. The molecule has 1 aromatic rings. The maximum Gasteiger partial charge on any atom is 0.245 e. The largest absolute Gasteiger partial charge is 0.313 e. The third-order valence-electron chi connectivity index (χ3n) is 2.83. The maximum atomic E-state index is 12.4. The van der Waals surface area contributed by atoms with E-state index in [0.29, 0.717) is 17.6 Å². The van der Waals surface area contributed by atoms with Crippen molar-refractivity contribution in [3.05, 3.63) is 27.7 Å². The van der Waals surface area contributed by atoms with E-state index in [2.05, 4.69) is 21.2 Å². The minimum Gasteiger partial charge on any atom is -0.313 e. The van der Waals surface area contributed by atoms with Gasteiger partial charge < -0.3 is 5.32 Å². The van der Waals surface area contributed by atoms with Crippen molar-refractivity contribution in [1.29, 1.82) is 0 Å². The SMILES string of the molecule is CN(C1CNC1)S(=O)(=O)c1c(Cl)cccc1Br.Cl. The van der Waals surface area contributed by atoms with Gasteiger partial charge in [-0.25, -0.2) is 8.42 Å². The molecule has 0 aliphatic carbocycles. The normalized spacial score (nSPS) is 16.2.